The second kappa shape index (κ2) is 6.12. The van der Waals surface area contributed by atoms with Gasteiger partial charge in [0, 0.05) is 18.0 Å². The third-order valence-electron chi connectivity index (χ3n) is 1.98. The molecule has 0 aliphatic heterocycles. The molecule has 0 radical (unpaired) electrons. The van der Waals surface area contributed by atoms with Crippen molar-refractivity contribution in [2.24, 2.45) is 5.73 Å². The summed E-state index contributed by atoms with van der Waals surface area (Å²) in [4.78, 5) is 22.2. The maximum absolute atomic E-state index is 11.3. The van der Waals surface area contributed by atoms with Crippen molar-refractivity contribution in [3.63, 3.8) is 0 Å². The smallest absolute Gasteiger partial charge is 0.225 e. The number of alkyl halides is 1. The molecule has 0 heterocycles. The lowest BCUT2D eigenvalue weighted by molar-refractivity contribution is -0.117. The van der Waals surface area contributed by atoms with Crippen LogP contribution >= 0.6 is 11.6 Å². The molecule has 0 aromatic heterocycles. The quantitative estimate of drug-likeness (QED) is 0.761. The molecule has 4 nitrogen and oxygen atoms in total. The number of anilines is 1. The van der Waals surface area contributed by atoms with Crippen molar-refractivity contribution >= 4 is 29.1 Å². The molecule has 86 valence electrons. The van der Waals surface area contributed by atoms with Gasteiger partial charge in [-0.15, -0.1) is 11.6 Å². The molecule has 0 saturated carbocycles. The van der Waals surface area contributed by atoms with Crippen LogP contribution in [0, 0.1) is 0 Å². The van der Waals surface area contributed by atoms with E-state index in [0.717, 1.165) is 0 Å². The van der Waals surface area contributed by atoms with Gasteiger partial charge in [-0.05, 0) is 11.6 Å². The number of hydrogen-bond acceptors (Lipinski definition) is 2. The fourth-order valence-corrected chi connectivity index (χ4v) is 1.45. The highest BCUT2D eigenvalue weighted by molar-refractivity contribution is 6.19. The number of primary amides is 1. The Morgan fingerprint density at radius 1 is 1.31 bits per heavy atom. The Hall–Kier alpha value is -1.55. The highest BCUT2D eigenvalue weighted by Crippen LogP contribution is 2.15. The van der Waals surface area contributed by atoms with Crippen LogP contribution in [0.2, 0.25) is 0 Å². The molecule has 0 atom stereocenters. The molecular weight excluding hydrogens is 228 g/mol. The minimum absolute atomic E-state index is 0.108. The van der Waals surface area contributed by atoms with E-state index in [-0.39, 0.29) is 24.6 Å². The number of halogens is 1. The van der Waals surface area contributed by atoms with Crippen LogP contribution in [0.5, 0.6) is 0 Å². The number of amides is 2. The van der Waals surface area contributed by atoms with Crippen molar-refractivity contribution in [2.45, 2.75) is 12.8 Å². The first-order valence-electron chi connectivity index (χ1n) is 4.85. The highest BCUT2D eigenvalue weighted by atomic mass is 35.5. The Morgan fingerprint density at radius 2 is 2.00 bits per heavy atom. The maximum atomic E-state index is 11.3. The van der Waals surface area contributed by atoms with Crippen molar-refractivity contribution in [1.82, 2.24) is 0 Å². The van der Waals surface area contributed by atoms with Gasteiger partial charge in [0.2, 0.25) is 11.8 Å². The second-order valence-electron chi connectivity index (χ2n) is 3.29. The zero-order chi connectivity index (χ0) is 12.0. The predicted molar refractivity (Wildman–Crippen MR) is 63.3 cm³/mol. The lowest BCUT2D eigenvalue weighted by Gasteiger charge is -2.09. The van der Waals surface area contributed by atoms with Gasteiger partial charge in [0.25, 0.3) is 0 Å². The minimum Gasteiger partial charge on any atom is -0.369 e. The van der Waals surface area contributed by atoms with Gasteiger partial charge in [0.05, 0.1) is 6.42 Å². The predicted octanol–water partition coefficient (Wildman–Crippen LogP) is 1.28. The van der Waals surface area contributed by atoms with E-state index in [4.69, 9.17) is 17.3 Å². The summed E-state index contributed by atoms with van der Waals surface area (Å²) in [7, 11) is 0. The largest absolute Gasteiger partial charge is 0.369 e. The van der Waals surface area contributed by atoms with Crippen molar-refractivity contribution in [2.75, 3.05) is 11.2 Å². The number of nitrogens with one attached hydrogen (secondary N) is 1. The molecule has 0 unspecified atom stereocenters. The fraction of sp³-hybridized carbons (Fsp3) is 0.273. The molecule has 5 heteroatoms. The first kappa shape index (κ1) is 12.5. The van der Waals surface area contributed by atoms with Crippen LogP contribution in [0.3, 0.4) is 0 Å². The van der Waals surface area contributed by atoms with Gasteiger partial charge in [-0.1, -0.05) is 18.2 Å². The van der Waals surface area contributed by atoms with Gasteiger partial charge in [-0.3, -0.25) is 9.59 Å². The van der Waals surface area contributed by atoms with Gasteiger partial charge < -0.3 is 11.1 Å². The first-order valence-corrected chi connectivity index (χ1v) is 5.39. The number of rotatable bonds is 5. The Morgan fingerprint density at radius 3 is 2.62 bits per heavy atom. The maximum Gasteiger partial charge on any atom is 0.225 e. The molecule has 0 aliphatic carbocycles. The molecular formula is C11H13ClN2O2. The molecule has 0 bridgehead atoms. The minimum atomic E-state index is -0.431. The van der Waals surface area contributed by atoms with E-state index in [1.165, 1.54) is 0 Å². The average Bonchev–Trinajstić information content (AvgIpc) is 2.20. The Balaban J connectivity index is 2.78. The fourth-order valence-electron chi connectivity index (χ4n) is 1.28. The van der Waals surface area contributed by atoms with Gasteiger partial charge in [0.15, 0.2) is 0 Å². The summed E-state index contributed by atoms with van der Waals surface area (Å²) in [5.74, 6) is -0.338. The Bertz CT molecular complexity index is 393. The van der Waals surface area contributed by atoms with Crippen LogP contribution in [0.25, 0.3) is 0 Å². The summed E-state index contributed by atoms with van der Waals surface area (Å²) < 4.78 is 0. The van der Waals surface area contributed by atoms with Crippen molar-refractivity contribution in [1.29, 1.82) is 0 Å². The van der Waals surface area contributed by atoms with Crippen LogP contribution in [0.4, 0.5) is 5.69 Å². The van der Waals surface area contributed by atoms with E-state index in [0.29, 0.717) is 11.3 Å². The summed E-state index contributed by atoms with van der Waals surface area (Å²) in [6.45, 7) is 0. The molecule has 1 aromatic carbocycles. The van der Waals surface area contributed by atoms with E-state index in [2.05, 4.69) is 5.32 Å². The Labute approximate surface area is 98.8 Å². The van der Waals surface area contributed by atoms with E-state index < -0.39 is 5.91 Å². The lowest BCUT2D eigenvalue weighted by Crippen LogP contribution is -2.17. The molecule has 2 amide bonds. The molecule has 0 spiro atoms. The number of nitrogens with two attached hydrogens (primary N) is 1. The number of carbonyl (C=O) groups excluding carboxylic acids is 2. The Kier molecular flexibility index (Phi) is 4.79. The number of para-hydroxylation sites is 1. The molecule has 0 saturated heterocycles. The zero-order valence-corrected chi connectivity index (χ0v) is 9.46. The first-order chi connectivity index (χ1) is 7.63. The van der Waals surface area contributed by atoms with E-state index in [1.54, 1.807) is 24.3 Å². The summed E-state index contributed by atoms with van der Waals surface area (Å²) in [5, 5.41) is 2.69. The third kappa shape index (κ3) is 3.90. The van der Waals surface area contributed by atoms with E-state index in [1.807, 2.05) is 0 Å². The van der Waals surface area contributed by atoms with E-state index in [9.17, 15) is 9.59 Å². The van der Waals surface area contributed by atoms with Crippen LogP contribution in [-0.2, 0) is 16.0 Å². The van der Waals surface area contributed by atoms with E-state index >= 15 is 0 Å². The molecule has 16 heavy (non-hydrogen) atoms. The van der Waals surface area contributed by atoms with Gasteiger partial charge in [-0.25, -0.2) is 0 Å². The highest BCUT2D eigenvalue weighted by Gasteiger charge is 2.07. The standard InChI is InChI=1S/C11H13ClN2O2/c12-6-5-11(16)14-9-4-2-1-3-8(9)7-10(13)15/h1-4H,5-7H2,(H2,13,15)(H,14,16). The van der Waals surface area contributed by atoms with Crippen LogP contribution < -0.4 is 11.1 Å². The van der Waals surface area contributed by atoms with Crippen LogP contribution in [0.1, 0.15) is 12.0 Å². The number of hydrogen-bond donors (Lipinski definition) is 2. The third-order valence-corrected chi connectivity index (χ3v) is 2.17. The van der Waals surface area contributed by atoms with Crippen molar-refractivity contribution in [3.05, 3.63) is 29.8 Å². The second-order valence-corrected chi connectivity index (χ2v) is 3.67. The SMILES string of the molecule is NC(=O)Cc1ccccc1NC(=O)CCCl. The molecule has 1 aromatic rings. The summed E-state index contributed by atoms with van der Waals surface area (Å²) in [5.41, 5.74) is 6.42. The molecule has 1 rings (SSSR count). The van der Waals surface area contributed by atoms with Gasteiger partial charge in [0.1, 0.15) is 0 Å². The summed E-state index contributed by atoms with van der Waals surface area (Å²) >= 11 is 5.45. The summed E-state index contributed by atoms with van der Waals surface area (Å²) in [6, 6.07) is 7.04. The monoisotopic (exact) mass is 240 g/mol. The van der Waals surface area contributed by atoms with Crippen LogP contribution in [-0.4, -0.2) is 17.7 Å². The normalized spacial score (nSPS) is 9.81. The van der Waals surface area contributed by atoms with Gasteiger partial charge in [-0.2, -0.15) is 0 Å². The van der Waals surface area contributed by atoms with Crippen molar-refractivity contribution in [3.8, 4) is 0 Å². The van der Waals surface area contributed by atoms with Crippen LogP contribution in [0.15, 0.2) is 24.3 Å². The summed E-state index contributed by atoms with van der Waals surface area (Å²) in [6.07, 6.45) is 0.351. The average molecular weight is 241 g/mol. The molecule has 0 aliphatic rings. The topological polar surface area (TPSA) is 72.2 Å². The lowest BCUT2D eigenvalue weighted by atomic mass is 10.1. The molecule has 3 N–H and O–H groups in total. The number of carbonyl (C=O) groups is 2. The number of benzene rings is 1. The zero-order valence-electron chi connectivity index (χ0n) is 8.70. The van der Waals surface area contributed by atoms with Gasteiger partial charge >= 0.3 is 0 Å². The molecule has 0 fully saturated rings. The van der Waals surface area contributed by atoms with Crippen molar-refractivity contribution < 1.29 is 9.59 Å².